The molecule has 0 saturated carbocycles. The van der Waals surface area contributed by atoms with Gasteiger partial charge in [0, 0.05) is 19.0 Å². The van der Waals surface area contributed by atoms with E-state index in [1.807, 2.05) is 37.3 Å². The zero-order chi connectivity index (χ0) is 24.4. The smallest absolute Gasteiger partial charge is 0.305 e. The quantitative estimate of drug-likeness (QED) is 0.473. The van der Waals surface area contributed by atoms with Crippen molar-refractivity contribution in [1.29, 1.82) is 0 Å². The number of aryl methyl sites for hydroxylation is 2. The van der Waals surface area contributed by atoms with Gasteiger partial charge in [-0.1, -0.05) is 43.7 Å². The van der Waals surface area contributed by atoms with Crippen LogP contribution in [0.3, 0.4) is 0 Å². The zero-order valence-electron chi connectivity index (χ0n) is 18.8. The summed E-state index contributed by atoms with van der Waals surface area (Å²) in [5.74, 6) is -2.33. The fourth-order valence-electron chi connectivity index (χ4n) is 3.45. The van der Waals surface area contributed by atoms with Crippen molar-refractivity contribution in [1.82, 2.24) is 4.68 Å². The van der Waals surface area contributed by atoms with E-state index in [0.29, 0.717) is 31.2 Å². The number of carbonyl (C=O) groups is 4. The maximum absolute atomic E-state index is 13.3. The highest BCUT2D eigenvalue weighted by Crippen LogP contribution is 2.13. The molecule has 0 aliphatic heterocycles. The molecule has 0 saturated heterocycles. The van der Waals surface area contributed by atoms with Crippen molar-refractivity contribution < 1.29 is 24.3 Å². The minimum Gasteiger partial charge on any atom is -0.481 e. The van der Waals surface area contributed by atoms with Crippen LogP contribution in [0.5, 0.6) is 0 Å². The van der Waals surface area contributed by atoms with E-state index in [2.05, 4.69) is 5.32 Å². The third kappa shape index (κ3) is 7.13. The Hall–Kier alpha value is -3.75. The Morgan fingerprint density at radius 2 is 1.82 bits per heavy atom. The fourth-order valence-corrected chi connectivity index (χ4v) is 3.45. The molecular weight excluding hydrogens is 426 g/mol. The van der Waals surface area contributed by atoms with Crippen LogP contribution < -0.4 is 15.9 Å². The first-order valence-corrected chi connectivity index (χ1v) is 10.8. The molecule has 9 nitrogen and oxygen atoms in total. The highest BCUT2D eigenvalue weighted by atomic mass is 16.4. The van der Waals surface area contributed by atoms with Gasteiger partial charge in [0.1, 0.15) is 18.0 Å². The van der Waals surface area contributed by atoms with Crippen molar-refractivity contribution >= 4 is 29.8 Å². The Labute approximate surface area is 192 Å². The van der Waals surface area contributed by atoms with E-state index in [4.69, 9.17) is 5.11 Å². The summed E-state index contributed by atoms with van der Waals surface area (Å²) in [6, 6.07) is 11.1. The van der Waals surface area contributed by atoms with Gasteiger partial charge in [0.2, 0.25) is 11.8 Å². The van der Waals surface area contributed by atoms with Crippen molar-refractivity contribution in [3.63, 3.8) is 0 Å². The van der Waals surface area contributed by atoms with Crippen molar-refractivity contribution in [2.75, 3.05) is 10.3 Å². The Kier molecular flexibility index (Phi) is 9.53. The number of aromatic nitrogens is 1. The van der Waals surface area contributed by atoms with Gasteiger partial charge < -0.3 is 15.2 Å². The third-order valence-corrected chi connectivity index (χ3v) is 5.07. The lowest BCUT2D eigenvalue weighted by Gasteiger charge is -2.30. The summed E-state index contributed by atoms with van der Waals surface area (Å²) in [7, 11) is 0. The lowest BCUT2D eigenvalue weighted by atomic mass is 10.1. The molecule has 1 atom stereocenters. The van der Waals surface area contributed by atoms with Crippen LogP contribution in [-0.4, -0.2) is 39.9 Å². The van der Waals surface area contributed by atoms with Crippen molar-refractivity contribution in [2.24, 2.45) is 0 Å². The highest BCUT2D eigenvalue weighted by Gasteiger charge is 2.28. The maximum atomic E-state index is 13.3. The standard InChI is InChI=1S/C24H29N3O6/c1-3-4-10-19-12-13-21(25-22(30)14-11-18-8-6-5-7-9-18)24(33)27(19)26(17(2)29)20(16-28)15-23(31)32/h5-9,12-13,16,20H,3-4,10-11,14-15H2,1-2H3,(H,25,30)(H,31,32)/t20-/m0/s1. The second kappa shape index (κ2) is 12.3. The number of aldehydes is 1. The van der Waals surface area contributed by atoms with Gasteiger partial charge in [-0.05, 0) is 37.0 Å². The SMILES string of the molecule is CCCCc1ccc(NC(=O)CCc2ccccc2)c(=O)n1N(C(C)=O)[C@H](C=O)CC(=O)O. The molecule has 0 spiro atoms. The number of unbranched alkanes of at least 4 members (excludes halogenated alkanes) is 1. The van der Waals surface area contributed by atoms with Gasteiger partial charge in [-0.3, -0.25) is 19.2 Å². The number of pyridine rings is 1. The van der Waals surface area contributed by atoms with Gasteiger partial charge in [0.05, 0.1) is 6.42 Å². The fraction of sp³-hybridized carbons (Fsp3) is 0.375. The van der Waals surface area contributed by atoms with Crippen LogP contribution in [0.15, 0.2) is 47.3 Å². The number of rotatable bonds is 12. The summed E-state index contributed by atoms with van der Waals surface area (Å²) in [4.78, 5) is 61.1. The second-order valence-corrected chi connectivity index (χ2v) is 7.66. The van der Waals surface area contributed by atoms with Gasteiger partial charge in [0.15, 0.2) is 0 Å². The van der Waals surface area contributed by atoms with Gasteiger partial charge in [-0.2, -0.15) is 0 Å². The lowest BCUT2D eigenvalue weighted by molar-refractivity contribution is -0.138. The van der Waals surface area contributed by atoms with E-state index in [1.165, 1.54) is 6.07 Å². The average Bonchev–Trinajstić information content (AvgIpc) is 2.79. The number of benzene rings is 1. The number of carboxylic acids is 1. The molecular formula is C24H29N3O6. The molecule has 176 valence electrons. The van der Waals surface area contributed by atoms with Crippen molar-refractivity contribution in [3.05, 3.63) is 64.1 Å². The molecule has 0 aliphatic carbocycles. The third-order valence-electron chi connectivity index (χ3n) is 5.07. The number of carboxylic acid groups (broad SMARTS) is 1. The number of aliphatic carboxylic acids is 1. The van der Waals surface area contributed by atoms with E-state index in [1.54, 1.807) is 6.07 Å². The molecule has 1 aromatic carbocycles. The first-order chi connectivity index (χ1) is 15.8. The molecule has 2 N–H and O–H groups in total. The molecule has 2 rings (SSSR count). The molecule has 1 heterocycles. The molecule has 1 aromatic heterocycles. The minimum absolute atomic E-state index is 0.0560. The lowest BCUT2D eigenvalue weighted by Crippen LogP contribution is -2.54. The van der Waals surface area contributed by atoms with E-state index in [-0.39, 0.29) is 18.0 Å². The number of amides is 2. The monoisotopic (exact) mass is 455 g/mol. The average molecular weight is 456 g/mol. The van der Waals surface area contributed by atoms with E-state index in [9.17, 15) is 24.0 Å². The number of hydrogen-bond donors (Lipinski definition) is 2. The molecule has 0 fully saturated rings. The molecule has 0 aliphatic rings. The molecule has 2 amide bonds. The Balaban J connectivity index is 2.40. The summed E-state index contributed by atoms with van der Waals surface area (Å²) in [5, 5.41) is 12.6. The largest absolute Gasteiger partial charge is 0.481 e. The number of carbonyl (C=O) groups excluding carboxylic acids is 3. The van der Waals surface area contributed by atoms with E-state index < -0.39 is 29.9 Å². The van der Waals surface area contributed by atoms with Crippen LogP contribution >= 0.6 is 0 Å². The van der Waals surface area contributed by atoms with Gasteiger partial charge in [-0.25, -0.2) is 9.69 Å². The zero-order valence-corrected chi connectivity index (χ0v) is 18.8. The highest BCUT2D eigenvalue weighted by molar-refractivity contribution is 5.92. The van der Waals surface area contributed by atoms with Gasteiger partial charge in [0.25, 0.3) is 5.56 Å². The summed E-state index contributed by atoms with van der Waals surface area (Å²) in [6.45, 7) is 3.12. The summed E-state index contributed by atoms with van der Waals surface area (Å²) in [6.07, 6.45) is 2.26. The van der Waals surface area contributed by atoms with Gasteiger partial charge >= 0.3 is 5.97 Å². The second-order valence-electron chi connectivity index (χ2n) is 7.66. The van der Waals surface area contributed by atoms with Crippen LogP contribution in [-0.2, 0) is 32.0 Å². The molecule has 0 bridgehead atoms. The number of anilines is 1. The number of nitrogens with zero attached hydrogens (tertiary/aromatic N) is 2. The normalized spacial score (nSPS) is 11.5. The van der Waals surface area contributed by atoms with Crippen LogP contribution in [0.25, 0.3) is 0 Å². The van der Waals surface area contributed by atoms with E-state index in [0.717, 1.165) is 28.6 Å². The molecule has 0 unspecified atom stereocenters. The Bertz CT molecular complexity index is 1050. The minimum atomic E-state index is -1.37. The predicted molar refractivity (Wildman–Crippen MR) is 124 cm³/mol. The first-order valence-electron chi connectivity index (χ1n) is 10.8. The van der Waals surface area contributed by atoms with Gasteiger partial charge in [-0.15, -0.1) is 0 Å². The Morgan fingerprint density at radius 1 is 1.12 bits per heavy atom. The van der Waals surface area contributed by atoms with Crippen molar-refractivity contribution in [2.45, 2.75) is 58.4 Å². The summed E-state index contributed by atoms with van der Waals surface area (Å²) >= 11 is 0. The number of nitrogens with one attached hydrogen (secondary N) is 1. The molecule has 9 heteroatoms. The van der Waals surface area contributed by atoms with Crippen LogP contribution in [0.4, 0.5) is 5.69 Å². The first kappa shape index (κ1) is 25.5. The maximum Gasteiger partial charge on any atom is 0.305 e. The predicted octanol–water partition coefficient (Wildman–Crippen LogP) is 2.29. The summed E-state index contributed by atoms with van der Waals surface area (Å²) in [5.41, 5.74) is 0.658. The van der Waals surface area contributed by atoms with Crippen LogP contribution in [0.1, 0.15) is 50.8 Å². The Morgan fingerprint density at radius 3 is 2.39 bits per heavy atom. The van der Waals surface area contributed by atoms with Crippen LogP contribution in [0.2, 0.25) is 0 Å². The summed E-state index contributed by atoms with van der Waals surface area (Å²) < 4.78 is 1.02. The number of hydrogen-bond acceptors (Lipinski definition) is 5. The molecule has 0 radical (unpaired) electrons. The topological polar surface area (TPSA) is 126 Å². The molecule has 2 aromatic rings. The van der Waals surface area contributed by atoms with E-state index >= 15 is 0 Å². The van der Waals surface area contributed by atoms with Crippen LogP contribution in [0, 0.1) is 0 Å². The molecule has 33 heavy (non-hydrogen) atoms. The van der Waals surface area contributed by atoms with Crippen molar-refractivity contribution in [3.8, 4) is 0 Å².